The van der Waals surface area contributed by atoms with Crippen LogP contribution in [-0.4, -0.2) is 66.6 Å². The minimum Gasteiger partial charge on any atom is -0.341 e. The molecule has 1 saturated heterocycles. The van der Waals surface area contributed by atoms with E-state index in [2.05, 4.69) is 5.32 Å². The van der Waals surface area contributed by atoms with Crippen LogP contribution in [0.2, 0.25) is 0 Å². The number of hydrogen-bond acceptors (Lipinski definition) is 6. The van der Waals surface area contributed by atoms with Crippen LogP contribution in [-0.2, 0) is 14.8 Å². The third-order valence-electron chi connectivity index (χ3n) is 4.97. The Kier molecular flexibility index (Phi) is 6.66. The van der Waals surface area contributed by atoms with Gasteiger partial charge in [-0.15, -0.1) is 0 Å². The molecule has 0 bridgehead atoms. The summed E-state index contributed by atoms with van der Waals surface area (Å²) in [5, 5.41) is 13.4. The predicted molar refractivity (Wildman–Crippen MR) is 112 cm³/mol. The van der Waals surface area contributed by atoms with Gasteiger partial charge >= 0.3 is 0 Å². The number of amides is 2. The van der Waals surface area contributed by atoms with E-state index in [0.29, 0.717) is 0 Å². The van der Waals surface area contributed by atoms with Gasteiger partial charge in [0.25, 0.3) is 11.6 Å². The average Bonchev–Trinajstić information content (AvgIpc) is 2.79. The summed E-state index contributed by atoms with van der Waals surface area (Å²) in [7, 11) is -3.63. The highest BCUT2D eigenvalue weighted by molar-refractivity contribution is 7.89. The minimum atomic E-state index is -3.63. The van der Waals surface area contributed by atoms with Crippen molar-refractivity contribution in [3.05, 3.63) is 70.3 Å². The molecular formula is C20H22N4O6S. The van der Waals surface area contributed by atoms with Gasteiger partial charge in [0.1, 0.15) is 6.04 Å². The van der Waals surface area contributed by atoms with Crippen molar-refractivity contribution in [2.24, 2.45) is 0 Å². The lowest BCUT2D eigenvalue weighted by Gasteiger charge is -2.35. The summed E-state index contributed by atoms with van der Waals surface area (Å²) in [6.07, 6.45) is 0. The van der Waals surface area contributed by atoms with Gasteiger partial charge in [0.2, 0.25) is 15.9 Å². The summed E-state index contributed by atoms with van der Waals surface area (Å²) in [4.78, 5) is 37.0. The molecule has 0 unspecified atom stereocenters. The number of nitro benzene ring substituents is 1. The fraction of sp³-hybridized carbons (Fsp3) is 0.300. The maximum Gasteiger partial charge on any atom is 0.270 e. The van der Waals surface area contributed by atoms with Crippen LogP contribution in [0.25, 0.3) is 0 Å². The van der Waals surface area contributed by atoms with Crippen molar-refractivity contribution < 1.29 is 22.9 Å². The molecule has 1 atom stereocenters. The molecule has 3 rings (SSSR count). The number of nitrogens with zero attached hydrogens (tertiary/aromatic N) is 3. The molecule has 0 radical (unpaired) electrons. The van der Waals surface area contributed by atoms with Crippen LogP contribution >= 0.6 is 0 Å². The first kappa shape index (κ1) is 22.4. The van der Waals surface area contributed by atoms with Crippen molar-refractivity contribution in [2.75, 3.05) is 26.2 Å². The molecule has 31 heavy (non-hydrogen) atoms. The van der Waals surface area contributed by atoms with Gasteiger partial charge in [0.15, 0.2) is 0 Å². The van der Waals surface area contributed by atoms with Crippen molar-refractivity contribution >= 4 is 27.5 Å². The van der Waals surface area contributed by atoms with Crippen LogP contribution in [0.15, 0.2) is 59.5 Å². The molecule has 1 aliphatic rings. The van der Waals surface area contributed by atoms with E-state index in [-0.39, 0.29) is 48.2 Å². The topological polar surface area (TPSA) is 130 Å². The lowest BCUT2D eigenvalue weighted by atomic mass is 10.1. The molecule has 2 aromatic carbocycles. The smallest absolute Gasteiger partial charge is 0.270 e. The van der Waals surface area contributed by atoms with E-state index in [1.807, 2.05) is 0 Å². The lowest BCUT2D eigenvalue weighted by Crippen LogP contribution is -2.55. The second kappa shape index (κ2) is 9.23. The van der Waals surface area contributed by atoms with Gasteiger partial charge in [0.05, 0.1) is 9.82 Å². The Bertz CT molecular complexity index is 1080. The number of benzene rings is 2. The van der Waals surface area contributed by atoms with Gasteiger partial charge in [-0.2, -0.15) is 4.31 Å². The predicted octanol–water partition coefficient (Wildman–Crippen LogP) is 1.25. The number of carbonyl (C=O) groups is 2. The second-order valence-corrected chi connectivity index (χ2v) is 8.98. The third kappa shape index (κ3) is 5.06. The van der Waals surface area contributed by atoms with Gasteiger partial charge < -0.3 is 10.2 Å². The molecule has 10 nitrogen and oxygen atoms in total. The number of hydrogen-bond donors (Lipinski definition) is 1. The monoisotopic (exact) mass is 446 g/mol. The first-order valence-electron chi connectivity index (χ1n) is 9.59. The van der Waals surface area contributed by atoms with Gasteiger partial charge in [-0.25, -0.2) is 8.42 Å². The summed E-state index contributed by atoms with van der Waals surface area (Å²) in [6, 6.07) is 12.4. The Morgan fingerprint density at radius 2 is 1.68 bits per heavy atom. The summed E-state index contributed by atoms with van der Waals surface area (Å²) >= 11 is 0. The minimum absolute atomic E-state index is 0.0765. The fourth-order valence-electron chi connectivity index (χ4n) is 3.27. The molecule has 1 N–H and O–H groups in total. The van der Waals surface area contributed by atoms with E-state index in [0.717, 1.165) is 6.07 Å². The van der Waals surface area contributed by atoms with Gasteiger partial charge in [-0.05, 0) is 25.1 Å². The van der Waals surface area contributed by atoms with Crippen molar-refractivity contribution in [1.29, 1.82) is 0 Å². The van der Waals surface area contributed by atoms with E-state index in [1.165, 1.54) is 46.5 Å². The standard InChI is InChI=1S/C20H22N4O6S/c1-15(21-19(25)16-6-5-7-17(14-16)24(27)28)20(26)22-10-12-23(13-11-22)31(29,30)18-8-3-2-4-9-18/h2-9,14-15H,10-13H2,1H3,(H,21,25)/t15-/m1/s1. The first-order valence-corrected chi connectivity index (χ1v) is 11.0. The fourth-order valence-corrected chi connectivity index (χ4v) is 4.71. The van der Waals surface area contributed by atoms with Gasteiger partial charge in [-0.1, -0.05) is 24.3 Å². The molecule has 2 amide bonds. The summed E-state index contributed by atoms with van der Waals surface area (Å²) < 4.78 is 26.7. The number of piperazine rings is 1. The molecule has 1 fully saturated rings. The quantitative estimate of drug-likeness (QED) is 0.525. The van der Waals surface area contributed by atoms with Crippen LogP contribution < -0.4 is 5.32 Å². The number of rotatable bonds is 6. The van der Waals surface area contributed by atoms with Crippen LogP contribution in [0.5, 0.6) is 0 Å². The van der Waals surface area contributed by atoms with Crippen molar-refractivity contribution in [3.63, 3.8) is 0 Å². The van der Waals surface area contributed by atoms with Crippen LogP contribution in [0, 0.1) is 10.1 Å². The van der Waals surface area contributed by atoms with Crippen molar-refractivity contribution in [3.8, 4) is 0 Å². The number of nitro groups is 1. The molecule has 0 saturated carbocycles. The summed E-state index contributed by atoms with van der Waals surface area (Å²) in [5.41, 5.74) is -0.144. The Labute approximate surface area is 179 Å². The molecule has 1 heterocycles. The average molecular weight is 446 g/mol. The molecule has 2 aromatic rings. The number of non-ortho nitro benzene ring substituents is 1. The van der Waals surface area contributed by atoms with Crippen LogP contribution in [0.1, 0.15) is 17.3 Å². The van der Waals surface area contributed by atoms with Gasteiger partial charge in [0, 0.05) is 43.9 Å². The molecular weight excluding hydrogens is 424 g/mol. The zero-order valence-electron chi connectivity index (χ0n) is 16.8. The normalized spacial score (nSPS) is 15.8. The Morgan fingerprint density at radius 3 is 2.29 bits per heavy atom. The second-order valence-electron chi connectivity index (χ2n) is 7.05. The number of sulfonamides is 1. The largest absolute Gasteiger partial charge is 0.341 e. The maximum absolute atomic E-state index is 12.7. The SMILES string of the molecule is C[C@@H](NC(=O)c1cccc([N+](=O)[O-])c1)C(=O)N1CCN(S(=O)(=O)c2ccccc2)CC1. The maximum atomic E-state index is 12.7. The zero-order chi connectivity index (χ0) is 22.6. The first-order chi connectivity index (χ1) is 14.7. The number of nitrogens with one attached hydrogen (secondary N) is 1. The van der Waals surface area contributed by atoms with Crippen LogP contribution in [0.3, 0.4) is 0 Å². The van der Waals surface area contributed by atoms with Crippen molar-refractivity contribution in [2.45, 2.75) is 17.9 Å². The summed E-state index contributed by atoms with van der Waals surface area (Å²) in [6.45, 7) is 2.21. The lowest BCUT2D eigenvalue weighted by molar-refractivity contribution is -0.384. The van der Waals surface area contributed by atoms with E-state index in [1.54, 1.807) is 18.2 Å². The third-order valence-corrected chi connectivity index (χ3v) is 6.88. The highest BCUT2D eigenvalue weighted by Gasteiger charge is 2.31. The van der Waals surface area contributed by atoms with E-state index >= 15 is 0 Å². The van der Waals surface area contributed by atoms with E-state index in [4.69, 9.17) is 0 Å². The molecule has 11 heteroatoms. The molecule has 0 spiro atoms. The Hall–Kier alpha value is -3.31. The molecule has 1 aliphatic heterocycles. The van der Waals surface area contributed by atoms with E-state index < -0.39 is 26.9 Å². The molecule has 0 aromatic heterocycles. The Morgan fingerprint density at radius 1 is 1.03 bits per heavy atom. The van der Waals surface area contributed by atoms with Crippen molar-refractivity contribution in [1.82, 2.24) is 14.5 Å². The van der Waals surface area contributed by atoms with Crippen LogP contribution in [0.4, 0.5) is 5.69 Å². The molecule has 164 valence electrons. The van der Waals surface area contributed by atoms with Gasteiger partial charge in [-0.3, -0.25) is 19.7 Å². The highest BCUT2D eigenvalue weighted by atomic mass is 32.2. The summed E-state index contributed by atoms with van der Waals surface area (Å²) in [5.74, 6) is -0.953. The number of carbonyl (C=O) groups excluding carboxylic acids is 2. The molecule has 0 aliphatic carbocycles. The van der Waals surface area contributed by atoms with E-state index in [9.17, 15) is 28.1 Å². The Balaban J connectivity index is 1.58. The highest BCUT2D eigenvalue weighted by Crippen LogP contribution is 2.18. The zero-order valence-corrected chi connectivity index (χ0v) is 17.6.